The highest BCUT2D eigenvalue weighted by atomic mass is 32.2. The third kappa shape index (κ3) is 3.60. The maximum atomic E-state index is 12.8. The number of benzene rings is 1. The zero-order valence-corrected chi connectivity index (χ0v) is 12.8. The van der Waals surface area contributed by atoms with E-state index in [1.165, 1.54) is 4.90 Å². The van der Waals surface area contributed by atoms with E-state index in [1.807, 2.05) is 0 Å². The van der Waals surface area contributed by atoms with Gasteiger partial charge in [-0.3, -0.25) is 4.79 Å². The second-order valence-corrected chi connectivity index (χ2v) is 7.32. The zero-order chi connectivity index (χ0) is 16.5. The molecular formula is C14H16F3NO3S. The number of nitrogens with zero attached hydrogens (tertiary/aromatic N) is 1. The molecule has 1 aromatic carbocycles. The van der Waals surface area contributed by atoms with Crippen LogP contribution in [-0.2, 0) is 16.0 Å². The number of hydrogen-bond donors (Lipinski definition) is 0. The van der Waals surface area contributed by atoms with Crippen LogP contribution in [0.25, 0.3) is 0 Å². The number of hydrogen-bond acceptors (Lipinski definition) is 3. The number of rotatable bonds is 2. The molecule has 2 rings (SSSR count). The molecule has 0 N–H and O–H groups in total. The summed E-state index contributed by atoms with van der Waals surface area (Å²) in [5.74, 6) is -0.533. The van der Waals surface area contributed by atoms with Gasteiger partial charge in [-0.1, -0.05) is 0 Å². The standard InChI is InChI=1S/C14H16F3NO3S/c1-22(20,21)12-9-10(14(15,16)17)5-6-11(12)13(19)18-7-3-2-4-8-18/h5-6,9H,2-4,7-8H2,1H3. The highest BCUT2D eigenvalue weighted by Gasteiger charge is 2.33. The Hall–Kier alpha value is -1.57. The first kappa shape index (κ1) is 16.8. The molecule has 8 heteroatoms. The van der Waals surface area contributed by atoms with Gasteiger partial charge in [0.1, 0.15) is 0 Å². The summed E-state index contributed by atoms with van der Waals surface area (Å²) in [6.07, 6.45) is -1.27. The normalized spacial score (nSPS) is 16.6. The number of likely N-dealkylation sites (tertiary alicyclic amines) is 1. The second kappa shape index (κ2) is 5.91. The van der Waals surface area contributed by atoms with E-state index in [2.05, 4.69) is 0 Å². The Morgan fingerprint density at radius 1 is 1.14 bits per heavy atom. The molecule has 1 aliphatic heterocycles. The summed E-state index contributed by atoms with van der Waals surface area (Å²) in [6, 6.07) is 2.23. The predicted octanol–water partition coefficient (Wildman–Crippen LogP) is 2.74. The minimum Gasteiger partial charge on any atom is -0.339 e. The number of amides is 1. The van der Waals surface area contributed by atoms with E-state index < -0.39 is 32.4 Å². The number of halogens is 3. The maximum Gasteiger partial charge on any atom is 0.416 e. The monoisotopic (exact) mass is 335 g/mol. The molecule has 0 spiro atoms. The summed E-state index contributed by atoms with van der Waals surface area (Å²) in [4.78, 5) is 13.3. The van der Waals surface area contributed by atoms with Gasteiger partial charge >= 0.3 is 6.18 Å². The van der Waals surface area contributed by atoms with E-state index in [0.29, 0.717) is 19.2 Å². The average molecular weight is 335 g/mol. The first-order chi connectivity index (χ1) is 10.1. The highest BCUT2D eigenvalue weighted by molar-refractivity contribution is 7.90. The number of alkyl halides is 3. The van der Waals surface area contributed by atoms with Gasteiger partial charge < -0.3 is 4.90 Å². The summed E-state index contributed by atoms with van der Waals surface area (Å²) in [5, 5.41) is 0. The van der Waals surface area contributed by atoms with Gasteiger partial charge in [0.25, 0.3) is 5.91 Å². The fourth-order valence-electron chi connectivity index (χ4n) is 2.45. The number of carbonyl (C=O) groups excluding carboxylic acids is 1. The van der Waals surface area contributed by atoms with Crippen molar-refractivity contribution < 1.29 is 26.4 Å². The minimum absolute atomic E-state index is 0.197. The first-order valence-electron chi connectivity index (χ1n) is 6.81. The van der Waals surface area contributed by atoms with Crippen LogP contribution < -0.4 is 0 Å². The van der Waals surface area contributed by atoms with E-state index in [1.54, 1.807) is 0 Å². The van der Waals surface area contributed by atoms with Gasteiger partial charge in [-0.2, -0.15) is 13.2 Å². The van der Waals surface area contributed by atoms with Crippen molar-refractivity contribution in [3.63, 3.8) is 0 Å². The Morgan fingerprint density at radius 2 is 1.73 bits per heavy atom. The van der Waals surface area contributed by atoms with Crippen molar-refractivity contribution in [3.8, 4) is 0 Å². The van der Waals surface area contributed by atoms with Crippen LogP contribution in [0.15, 0.2) is 23.1 Å². The van der Waals surface area contributed by atoms with Gasteiger partial charge in [0.15, 0.2) is 9.84 Å². The molecule has 1 saturated heterocycles. The summed E-state index contributed by atoms with van der Waals surface area (Å²) >= 11 is 0. The lowest BCUT2D eigenvalue weighted by Gasteiger charge is -2.27. The Morgan fingerprint density at radius 3 is 2.23 bits per heavy atom. The minimum atomic E-state index is -4.66. The maximum absolute atomic E-state index is 12.8. The van der Waals surface area contributed by atoms with Crippen LogP contribution in [0, 0.1) is 0 Å². The average Bonchev–Trinajstić information content (AvgIpc) is 2.45. The topological polar surface area (TPSA) is 54.5 Å². The van der Waals surface area contributed by atoms with E-state index in [0.717, 1.165) is 37.7 Å². The highest BCUT2D eigenvalue weighted by Crippen LogP contribution is 2.32. The van der Waals surface area contributed by atoms with Gasteiger partial charge in [0, 0.05) is 19.3 Å². The Kier molecular flexibility index (Phi) is 4.51. The molecular weight excluding hydrogens is 319 g/mol. The Labute approximate surface area is 126 Å². The van der Waals surface area contributed by atoms with Crippen LogP contribution in [0.2, 0.25) is 0 Å². The van der Waals surface area contributed by atoms with Crippen LogP contribution in [0.3, 0.4) is 0 Å². The molecule has 1 amide bonds. The molecule has 1 aliphatic rings. The van der Waals surface area contributed by atoms with Crippen molar-refractivity contribution in [1.29, 1.82) is 0 Å². The number of piperidine rings is 1. The van der Waals surface area contributed by atoms with Crippen LogP contribution in [0.1, 0.15) is 35.2 Å². The van der Waals surface area contributed by atoms with Crippen molar-refractivity contribution >= 4 is 15.7 Å². The molecule has 0 bridgehead atoms. The molecule has 1 heterocycles. The molecule has 0 unspecified atom stereocenters. The summed E-state index contributed by atoms with van der Waals surface area (Å²) in [5.41, 5.74) is -1.28. The molecule has 0 aromatic heterocycles. The summed E-state index contributed by atoms with van der Waals surface area (Å²) in [6.45, 7) is 0.978. The van der Waals surface area contributed by atoms with Crippen molar-refractivity contribution in [3.05, 3.63) is 29.3 Å². The molecule has 1 fully saturated rings. The van der Waals surface area contributed by atoms with Gasteiger partial charge in [-0.25, -0.2) is 8.42 Å². The van der Waals surface area contributed by atoms with Crippen molar-refractivity contribution in [2.75, 3.05) is 19.3 Å². The SMILES string of the molecule is CS(=O)(=O)c1cc(C(F)(F)F)ccc1C(=O)N1CCCCC1. The van der Waals surface area contributed by atoms with Gasteiger partial charge in [0.2, 0.25) is 0 Å². The molecule has 22 heavy (non-hydrogen) atoms. The molecule has 0 radical (unpaired) electrons. The van der Waals surface area contributed by atoms with Crippen LogP contribution in [0.5, 0.6) is 0 Å². The third-order valence-electron chi connectivity index (χ3n) is 3.58. The van der Waals surface area contributed by atoms with Crippen LogP contribution in [0.4, 0.5) is 13.2 Å². The molecule has 1 aromatic rings. The molecule has 0 aliphatic carbocycles. The lowest BCUT2D eigenvalue weighted by atomic mass is 10.1. The smallest absolute Gasteiger partial charge is 0.339 e. The second-order valence-electron chi connectivity index (χ2n) is 5.33. The van der Waals surface area contributed by atoms with Crippen LogP contribution >= 0.6 is 0 Å². The van der Waals surface area contributed by atoms with E-state index in [9.17, 15) is 26.4 Å². The van der Waals surface area contributed by atoms with Crippen LogP contribution in [-0.4, -0.2) is 38.6 Å². The Bertz CT molecular complexity index is 677. The lowest BCUT2D eigenvalue weighted by Crippen LogP contribution is -2.36. The molecule has 122 valence electrons. The Balaban J connectivity index is 2.49. The van der Waals surface area contributed by atoms with E-state index >= 15 is 0 Å². The quantitative estimate of drug-likeness (QED) is 0.835. The fraction of sp³-hybridized carbons (Fsp3) is 0.500. The summed E-state index contributed by atoms with van der Waals surface area (Å²) in [7, 11) is -3.95. The molecule has 4 nitrogen and oxygen atoms in total. The molecule has 0 atom stereocenters. The van der Waals surface area contributed by atoms with Gasteiger partial charge in [-0.05, 0) is 37.5 Å². The van der Waals surface area contributed by atoms with E-state index in [4.69, 9.17) is 0 Å². The van der Waals surface area contributed by atoms with Gasteiger partial charge in [0.05, 0.1) is 16.0 Å². The third-order valence-corrected chi connectivity index (χ3v) is 4.72. The number of carbonyl (C=O) groups is 1. The summed E-state index contributed by atoms with van der Waals surface area (Å²) < 4.78 is 61.8. The fourth-order valence-corrected chi connectivity index (χ4v) is 3.35. The predicted molar refractivity (Wildman–Crippen MR) is 74.3 cm³/mol. The van der Waals surface area contributed by atoms with Crippen molar-refractivity contribution in [1.82, 2.24) is 4.90 Å². The van der Waals surface area contributed by atoms with Crippen molar-refractivity contribution in [2.45, 2.75) is 30.3 Å². The van der Waals surface area contributed by atoms with Gasteiger partial charge in [-0.15, -0.1) is 0 Å². The van der Waals surface area contributed by atoms with E-state index in [-0.39, 0.29) is 5.56 Å². The van der Waals surface area contributed by atoms with Crippen molar-refractivity contribution in [2.24, 2.45) is 0 Å². The first-order valence-corrected chi connectivity index (χ1v) is 8.70. The number of sulfone groups is 1. The molecule has 0 saturated carbocycles. The largest absolute Gasteiger partial charge is 0.416 e. The zero-order valence-electron chi connectivity index (χ0n) is 12.0. The lowest BCUT2D eigenvalue weighted by molar-refractivity contribution is -0.137.